The summed E-state index contributed by atoms with van der Waals surface area (Å²) in [4.78, 5) is 23.2. The second kappa shape index (κ2) is 12.0. The summed E-state index contributed by atoms with van der Waals surface area (Å²) in [6.45, 7) is 4.84. The molecule has 0 atom stereocenters. The molecule has 0 unspecified atom stereocenters. The monoisotopic (exact) mass is 451 g/mol. The second-order valence-corrected chi connectivity index (χ2v) is 6.98. The molecule has 30 heavy (non-hydrogen) atoms. The molecular weight excluding hydrogens is 429 g/mol. The minimum atomic E-state index is -0.848. The van der Waals surface area contributed by atoms with Crippen LogP contribution in [-0.2, 0) is 16.2 Å². The van der Waals surface area contributed by atoms with Gasteiger partial charge in [0.1, 0.15) is 6.61 Å². The molecule has 0 aromatic heterocycles. The number of nitrogens with one attached hydrogen (secondary N) is 2. The van der Waals surface area contributed by atoms with Gasteiger partial charge in [-0.05, 0) is 48.7 Å². The Hall–Kier alpha value is -2.77. The Morgan fingerprint density at radius 1 is 1.07 bits per heavy atom. The number of hydrogen-bond donors (Lipinski definition) is 2. The van der Waals surface area contributed by atoms with E-state index < -0.39 is 11.8 Å². The number of carbonyl (C=O) groups is 2. The van der Waals surface area contributed by atoms with Gasteiger partial charge in [0.2, 0.25) is 0 Å². The molecule has 9 heteroatoms. The first kappa shape index (κ1) is 23.5. The van der Waals surface area contributed by atoms with Gasteiger partial charge < -0.3 is 14.8 Å². The summed E-state index contributed by atoms with van der Waals surface area (Å²) in [5, 5.41) is 7.22. The van der Waals surface area contributed by atoms with Gasteiger partial charge in [-0.2, -0.15) is 5.10 Å². The zero-order valence-corrected chi connectivity index (χ0v) is 18.2. The van der Waals surface area contributed by atoms with E-state index in [0.29, 0.717) is 40.3 Å². The summed E-state index contributed by atoms with van der Waals surface area (Å²) in [6, 6.07) is 10.6. The maximum atomic E-state index is 11.7. The van der Waals surface area contributed by atoms with E-state index in [1.165, 1.54) is 6.21 Å². The highest BCUT2D eigenvalue weighted by molar-refractivity contribution is 6.35. The first-order chi connectivity index (χ1) is 14.4. The maximum Gasteiger partial charge on any atom is 0.329 e. The molecule has 7 nitrogen and oxygen atoms in total. The van der Waals surface area contributed by atoms with Crippen molar-refractivity contribution in [1.82, 2.24) is 10.7 Å². The zero-order valence-electron chi connectivity index (χ0n) is 16.7. The molecule has 0 bridgehead atoms. The third kappa shape index (κ3) is 7.24. The molecule has 160 valence electrons. The quantitative estimate of drug-likeness (QED) is 0.343. The van der Waals surface area contributed by atoms with E-state index in [1.54, 1.807) is 24.3 Å². The average molecular weight is 452 g/mol. The molecule has 2 rings (SSSR count). The standard InChI is InChI=1S/C21H23Cl2N3O4/c1-3-9-24-20(27)21(28)26-25-12-15-10-17(23)19(18(11-15)29-4-2)30-13-14-5-7-16(22)8-6-14/h5-8,10-12H,3-4,9,13H2,1-2H3,(H,24,27)(H,26,28)/b25-12-. The SMILES string of the molecule is CCCNC(=O)C(=O)N/N=C\c1cc(Cl)c(OCc2ccc(Cl)cc2)c(OCC)c1. The van der Waals surface area contributed by atoms with Crippen LogP contribution < -0.4 is 20.2 Å². The largest absolute Gasteiger partial charge is 0.490 e. The molecule has 2 aromatic carbocycles. The number of nitrogens with zero attached hydrogens (tertiary/aromatic N) is 1. The van der Waals surface area contributed by atoms with Gasteiger partial charge in [-0.15, -0.1) is 0 Å². The normalized spacial score (nSPS) is 10.7. The molecule has 0 spiro atoms. The summed E-state index contributed by atoms with van der Waals surface area (Å²) in [5.74, 6) is -0.757. The topological polar surface area (TPSA) is 89.0 Å². The third-order valence-electron chi connectivity index (χ3n) is 3.75. The van der Waals surface area contributed by atoms with Crippen LogP contribution in [0.15, 0.2) is 41.5 Å². The summed E-state index contributed by atoms with van der Waals surface area (Å²) >= 11 is 12.3. The Morgan fingerprint density at radius 3 is 2.47 bits per heavy atom. The fourth-order valence-electron chi connectivity index (χ4n) is 2.34. The molecule has 0 radical (unpaired) electrons. The van der Waals surface area contributed by atoms with E-state index >= 15 is 0 Å². The van der Waals surface area contributed by atoms with Crippen molar-refractivity contribution < 1.29 is 19.1 Å². The Bertz CT molecular complexity index is 902. The Balaban J connectivity index is 2.08. The van der Waals surface area contributed by atoms with Gasteiger partial charge in [0.15, 0.2) is 11.5 Å². The zero-order chi connectivity index (χ0) is 21.9. The van der Waals surface area contributed by atoms with Crippen molar-refractivity contribution in [2.45, 2.75) is 26.9 Å². The van der Waals surface area contributed by atoms with Crippen molar-refractivity contribution >= 4 is 41.2 Å². The summed E-state index contributed by atoms with van der Waals surface area (Å²) < 4.78 is 11.5. The summed E-state index contributed by atoms with van der Waals surface area (Å²) in [6.07, 6.45) is 2.09. The van der Waals surface area contributed by atoms with Crippen LogP contribution in [0.5, 0.6) is 11.5 Å². The van der Waals surface area contributed by atoms with E-state index in [1.807, 2.05) is 26.0 Å². The molecular formula is C21H23Cl2N3O4. The van der Waals surface area contributed by atoms with Crippen molar-refractivity contribution in [2.24, 2.45) is 5.10 Å². The van der Waals surface area contributed by atoms with Gasteiger partial charge in [-0.3, -0.25) is 9.59 Å². The van der Waals surface area contributed by atoms with E-state index in [0.717, 1.165) is 12.0 Å². The van der Waals surface area contributed by atoms with Crippen molar-refractivity contribution in [3.05, 3.63) is 57.6 Å². The Kier molecular flexibility index (Phi) is 9.44. The van der Waals surface area contributed by atoms with Gasteiger partial charge in [-0.1, -0.05) is 42.3 Å². The highest BCUT2D eigenvalue weighted by Crippen LogP contribution is 2.37. The number of rotatable bonds is 9. The molecule has 0 saturated carbocycles. The molecule has 2 aromatic rings. The van der Waals surface area contributed by atoms with Gasteiger partial charge in [0, 0.05) is 11.6 Å². The van der Waals surface area contributed by atoms with Crippen LogP contribution in [0.3, 0.4) is 0 Å². The van der Waals surface area contributed by atoms with Crippen LogP contribution in [0.1, 0.15) is 31.4 Å². The van der Waals surface area contributed by atoms with Crippen molar-refractivity contribution in [1.29, 1.82) is 0 Å². The fourth-order valence-corrected chi connectivity index (χ4v) is 2.74. The minimum absolute atomic E-state index is 0.285. The number of hydrogen-bond acceptors (Lipinski definition) is 5. The van der Waals surface area contributed by atoms with Gasteiger partial charge in [0.25, 0.3) is 0 Å². The lowest BCUT2D eigenvalue weighted by molar-refractivity contribution is -0.139. The van der Waals surface area contributed by atoms with Crippen molar-refractivity contribution in [3.63, 3.8) is 0 Å². The molecule has 0 saturated heterocycles. The smallest absolute Gasteiger partial charge is 0.329 e. The van der Waals surface area contributed by atoms with Gasteiger partial charge >= 0.3 is 11.8 Å². The van der Waals surface area contributed by atoms with Gasteiger partial charge in [-0.25, -0.2) is 5.43 Å². The predicted molar refractivity (Wildman–Crippen MR) is 117 cm³/mol. The molecule has 0 aliphatic heterocycles. The van der Waals surface area contributed by atoms with Crippen LogP contribution in [0.4, 0.5) is 0 Å². The highest BCUT2D eigenvalue weighted by Gasteiger charge is 2.14. The Morgan fingerprint density at radius 2 is 1.80 bits per heavy atom. The molecule has 0 heterocycles. The van der Waals surface area contributed by atoms with Crippen LogP contribution >= 0.6 is 23.2 Å². The van der Waals surface area contributed by atoms with E-state index in [2.05, 4.69) is 15.8 Å². The first-order valence-electron chi connectivity index (χ1n) is 9.39. The first-order valence-corrected chi connectivity index (χ1v) is 10.1. The van der Waals surface area contributed by atoms with E-state index in [9.17, 15) is 9.59 Å². The summed E-state index contributed by atoms with van der Waals surface area (Å²) in [7, 11) is 0. The van der Waals surface area contributed by atoms with Crippen LogP contribution in [-0.4, -0.2) is 31.2 Å². The molecule has 0 aliphatic carbocycles. The lowest BCUT2D eigenvalue weighted by atomic mass is 10.2. The van der Waals surface area contributed by atoms with Crippen LogP contribution in [0.2, 0.25) is 10.0 Å². The van der Waals surface area contributed by atoms with Crippen LogP contribution in [0, 0.1) is 0 Å². The predicted octanol–water partition coefficient (Wildman–Crippen LogP) is 3.95. The molecule has 0 aliphatic rings. The minimum Gasteiger partial charge on any atom is -0.490 e. The van der Waals surface area contributed by atoms with Gasteiger partial charge in [0.05, 0.1) is 17.8 Å². The lowest BCUT2D eigenvalue weighted by Gasteiger charge is -2.14. The highest BCUT2D eigenvalue weighted by atomic mass is 35.5. The average Bonchev–Trinajstić information content (AvgIpc) is 2.72. The number of halogens is 2. The number of amides is 2. The molecule has 0 fully saturated rings. The van der Waals surface area contributed by atoms with Crippen LogP contribution in [0.25, 0.3) is 0 Å². The molecule has 2 amide bonds. The number of benzene rings is 2. The number of ether oxygens (including phenoxy) is 2. The van der Waals surface area contributed by atoms with Crippen molar-refractivity contribution in [2.75, 3.05) is 13.2 Å². The maximum absolute atomic E-state index is 11.7. The Labute approximate surface area is 185 Å². The van der Waals surface area contributed by atoms with E-state index in [4.69, 9.17) is 32.7 Å². The number of carbonyl (C=O) groups excluding carboxylic acids is 2. The second-order valence-electron chi connectivity index (χ2n) is 6.13. The molecule has 2 N–H and O–H groups in total. The lowest BCUT2D eigenvalue weighted by Crippen LogP contribution is -2.38. The summed E-state index contributed by atoms with van der Waals surface area (Å²) in [5.41, 5.74) is 3.66. The van der Waals surface area contributed by atoms with E-state index in [-0.39, 0.29) is 6.61 Å². The number of hydrazone groups is 1. The fraction of sp³-hybridized carbons (Fsp3) is 0.286. The third-order valence-corrected chi connectivity index (χ3v) is 4.28. The van der Waals surface area contributed by atoms with Crippen molar-refractivity contribution in [3.8, 4) is 11.5 Å².